The molecule has 8 radical (unpaired) electrons. The van der Waals surface area contributed by atoms with E-state index in [1.807, 2.05) is 0 Å². The molecule has 0 unspecified atom stereocenters. The van der Waals surface area contributed by atoms with E-state index in [2.05, 4.69) is 13.2 Å². The van der Waals surface area contributed by atoms with Crippen molar-refractivity contribution in [3.63, 3.8) is 0 Å². The molecule has 0 aliphatic carbocycles. The van der Waals surface area contributed by atoms with Crippen molar-refractivity contribution < 1.29 is 0 Å². The van der Waals surface area contributed by atoms with Gasteiger partial charge in [-0.05, 0) is 0 Å². The second-order valence-electron chi connectivity index (χ2n) is 0. The Morgan fingerprint density at radius 3 is 0.750 bits per heavy atom. The van der Waals surface area contributed by atoms with Crippen LogP contribution in [0.25, 0.3) is 0 Å². The van der Waals surface area contributed by atoms with Crippen molar-refractivity contribution in [1.29, 1.82) is 0 Å². The molecule has 0 amide bonds. The average molecular weight is 265 g/mol. The second-order valence-corrected chi connectivity index (χ2v) is 0. The van der Waals surface area contributed by atoms with Crippen molar-refractivity contribution in [2.75, 3.05) is 0 Å². The van der Waals surface area contributed by atoms with Crippen LogP contribution in [-0.4, -0.2) is 47.8 Å². The van der Waals surface area contributed by atoms with E-state index in [-0.39, 0.29) is 47.8 Å². The fourth-order valence-electron chi connectivity index (χ4n) is 0. The first-order valence-corrected chi connectivity index (χ1v) is 0.500. The molecule has 4 heavy (non-hydrogen) atoms. The third-order valence-electron chi connectivity index (χ3n) is 0. The predicted molar refractivity (Wildman–Crippen MR) is 22.8 cm³/mol. The van der Waals surface area contributed by atoms with E-state index in [1.165, 1.54) is 0 Å². The monoisotopic (exact) mass is 268 g/mol. The van der Waals surface area contributed by atoms with Gasteiger partial charge in [0.25, 0.3) is 0 Å². The molecule has 0 bridgehead atoms. The number of hydrogen-bond donors (Lipinski definition) is 0. The average Bonchev–Trinajstić information content (AvgIpc) is 1.00. The molecule has 0 saturated heterocycles. The van der Waals surface area contributed by atoms with Gasteiger partial charge in [0.15, 0.2) is 0 Å². The second kappa shape index (κ2) is 27.0. The molecule has 0 saturated carbocycles. The summed E-state index contributed by atoms with van der Waals surface area (Å²) in [4.78, 5) is 0. The van der Waals surface area contributed by atoms with Crippen molar-refractivity contribution in [2.24, 2.45) is 0 Å². The Hall–Kier alpha value is 1.34. The van der Waals surface area contributed by atoms with E-state index in [4.69, 9.17) is 0 Å². The number of hydrogen-bond acceptors (Lipinski definition) is 0. The number of rotatable bonds is 0. The molecular formula is C2H4Sn2. The van der Waals surface area contributed by atoms with Crippen LogP contribution in [0.1, 0.15) is 0 Å². The Morgan fingerprint density at radius 2 is 0.750 bits per heavy atom. The van der Waals surface area contributed by atoms with Gasteiger partial charge in [-0.1, -0.05) is 0 Å². The zero-order chi connectivity index (χ0) is 2.00. The molecule has 0 aliphatic heterocycles. The summed E-state index contributed by atoms with van der Waals surface area (Å²) >= 11 is 0. The van der Waals surface area contributed by atoms with Crippen LogP contribution in [0.15, 0.2) is 13.2 Å². The van der Waals surface area contributed by atoms with Gasteiger partial charge in [-0.25, -0.2) is 0 Å². The topological polar surface area (TPSA) is 0 Å². The van der Waals surface area contributed by atoms with Crippen LogP contribution in [0.3, 0.4) is 0 Å². The Balaban J connectivity index is -0.00000000500. The minimum absolute atomic E-state index is 0. The van der Waals surface area contributed by atoms with Crippen LogP contribution >= 0.6 is 0 Å². The summed E-state index contributed by atoms with van der Waals surface area (Å²) in [7, 11) is 0. The minimum Gasteiger partial charge on any atom is -0.106 e. The summed E-state index contributed by atoms with van der Waals surface area (Å²) in [6.07, 6.45) is 0. The summed E-state index contributed by atoms with van der Waals surface area (Å²) in [6, 6.07) is 0. The molecule has 20 valence electrons. The van der Waals surface area contributed by atoms with Crippen LogP contribution in [-0.2, 0) is 0 Å². The zero-order valence-electron chi connectivity index (χ0n) is 2.41. The molecule has 0 aromatic carbocycles. The molecule has 0 fully saturated rings. The summed E-state index contributed by atoms with van der Waals surface area (Å²) < 4.78 is 0. The Bertz CT molecular complexity index is 4.00. The van der Waals surface area contributed by atoms with Crippen molar-refractivity contribution in [3.8, 4) is 0 Å². The van der Waals surface area contributed by atoms with Gasteiger partial charge in [0.1, 0.15) is 0 Å². The van der Waals surface area contributed by atoms with Gasteiger partial charge in [-0.3, -0.25) is 0 Å². The fourth-order valence-corrected chi connectivity index (χ4v) is 0. The third kappa shape index (κ3) is 10.2. The maximum absolute atomic E-state index is 3.00. The van der Waals surface area contributed by atoms with Crippen LogP contribution < -0.4 is 0 Å². The SMILES string of the molecule is C=C.[Sn].[Sn]. The quantitative estimate of drug-likeness (QED) is 0.429. The third-order valence-corrected chi connectivity index (χ3v) is 0. The molecule has 0 atom stereocenters. The van der Waals surface area contributed by atoms with Crippen LogP contribution in [0.5, 0.6) is 0 Å². The summed E-state index contributed by atoms with van der Waals surface area (Å²) in [6.45, 7) is 6.00. The van der Waals surface area contributed by atoms with Gasteiger partial charge in [0.05, 0.1) is 0 Å². The van der Waals surface area contributed by atoms with E-state index < -0.39 is 0 Å². The fraction of sp³-hybridized carbons (Fsp3) is 0. The molecule has 0 heterocycles. The zero-order valence-corrected chi connectivity index (χ0v) is 8.12. The van der Waals surface area contributed by atoms with Gasteiger partial charge >= 0.3 is 0 Å². The largest absolute Gasteiger partial charge is 0.106 e. The van der Waals surface area contributed by atoms with E-state index in [0.717, 1.165) is 0 Å². The molecule has 0 aromatic heterocycles. The smallest absolute Gasteiger partial charge is 0 e. The molecular weight excluding hydrogens is 261 g/mol. The molecule has 0 nitrogen and oxygen atoms in total. The van der Waals surface area contributed by atoms with E-state index in [1.54, 1.807) is 0 Å². The summed E-state index contributed by atoms with van der Waals surface area (Å²) in [5, 5.41) is 0. The van der Waals surface area contributed by atoms with Gasteiger partial charge in [-0.2, -0.15) is 0 Å². The van der Waals surface area contributed by atoms with Gasteiger partial charge in [-0.15, -0.1) is 13.2 Å². The van der Waals surface area contributed by atoms with Gasteiger partial charge < -0.3 is 0 Å². The van der Waals surface area contributed by atoms with Crippen molar-refractivity contribution >= 4 is 47.8 Å². The Kier molecular flexibility index (Phi) is 124. The standard InChI is InChI=1S/C2H4.2Sn/c1-2;;/h1-2H2;;. The molecule has 0 spiro atoms. The van der Waals surface area contributed by atoms with Gasteiger partial charge in [0.2, 0.25) is 0 Å². The van der Waals surface area contributed by atoms with Crippen LogP contribution in [0.4, 0.5) is 0 Å². The molecule has 2 heteroatoms. The molecule has 0 rings (SSSR count). The van der Waals surface area contributed by atoms with E-state index in [0.29, 0.717) is 0 Å². The normalized spacial score (nSPS) is 1.00. The van der Waals surface area contributed by atoms with E-state index >= 15 is 0 Å². The van der Waals surface area contributed by atoms with Crippen molar-refractivity contribution in [1.82, 2.24) is 0 Å². The first-order valence-electron chi connectivity index (χ1n) is 0.500. The maximum atomic E-state index is 3.00. The van der Waals surface area contributed by atoms with Crippen LogP contribution in [0.2, 0.25) is 0 Å². The minimum atomic E-state index is 0. The predicted octanol–water partition coefficient (Wildman–Crippen LogP) is 0.0406. The Labute approximate surface area is 60.6 Å². The van der Waals surface area contributed by atoms with Gasteiger partial charge in [0, 0.05) is 47.8 Å². The Morgan fingerprint density at radius 1 is 0.750 bits per heavy atom. The summed E-state index contributed by atoms with van der Waals surface area (Å²) in [5.41, 5.74) is 0. The summed E-state index contributed by atoms with van der Waals surface area (Å²) in [5.74, 6) is 0. The molecule has 0 aliphatic rings. The maximum Gasteiger partial charge on any atom is 0 e. The van der Waals surface area contributed by atoms with E-state index in [9.17, 15) is 0 Å². The van der Waals surface area contributed by atoms with Crippen molar-refractivity contribution in [2.45, 2.75) is 0 Å². The first kappa shape index (κ1) is 18.4. The van der Waals surface area contributed by atoms with Crippen molar-refractivity contribution in [3.05, 3.63) is 13.2 Å². The van der Waals surface area contributed by atoms with Crippen LogP contribution in [0, 0.1) is 0 Å². The molecule has 0 aromatic rings. The first-order chi connectivity index (χ1) is 1.00. The molecule has 0 N–H and O–H groups in total.